The summed E-state index contributed by atoms with van der Waals surface area (Å²) in [6, 6.07) is 5.45. The van der Waals surface area contributed by atoms with Crippen LogP contribution < -0.4 is 10.6 Å². The maximum atomic E-state index is 11.7. The van der Waals surface area contributed by atoms with E-state index in [1.807, 2.05) is 39.4 Å². The number of allylic oxidation sites excluding steroid dienone is 3. The lowest BCUT2D eigenvalue weighted by Gasteiger charge is -2.07. The highest BCUT2D eigenvalue weighted by molar-refractivity contribution is 5.91. The zero-order chi connectivity index (χ0) is 19.2. The number of carbonyl (C=O) groups is 2. The molecule has 1 aromatic rings. The lowest BCUT2D eigenvalue weighted by atomic mass is 10.0. The molecule has 1 aliphatic carbocycles. The van der Waals surface area contributed by atoms with E-state index in [2.05, 4.69) is 27.8 Å². The fraction of sp³-hybridized carbons (Fsp3) is 0.450. The van der Waals surface area contributed by atoms with E-state index in [4.69, 9.17) is 0 Å². The summed E-state index contributed by atoms with van der Waals surface area (Å²) in [6.45, 7) is 0.957. The molecular formula is C20H30N4O2. The minimum atomic E-state index is -0.0171. The first-order chi connectivity index (χ1) is 12.6. The third-order valence-electron chi connectivity index (χ3n) is 3.68. The van der Waals surface area contributed by atoms with Gasteiger partial charge in [0, 0.05) is 26.2 Å². The molecule has 2 heterocycles. The van der Waals surface area contributed by atoms with Crippen molar-refractivity contribution in [3.05, 3.63) is 48.2 Å². The third-order valence-corrected chi connectivity index (χ3v) is 3.68. The van der Waals surface area contributed by atoms with E-state index < -0.39 is 0 Å². The van der Waals surface area contributed by atoms with Crippen molar-refractivity contribution >= 4 is 17.6 Å². The van der Waals surface area contributed by atoms with Gasteiger partial charge in [-0.3, -0.25) is 9.59 Å². The van der Waals surface area contributed by atoms with Crippen molar-refractivity contribution in [2.45, 2.75) is 32.1 Å². The maximum Gasteiger partial charge on any atom is 0.229 e. The quantitative estimate of drug-likeness (QED) is 0.871. The summed E-state index contributed by atoms with van der Waals surface area (Å²) < 4.78 is 0. The highest BCUT2D eigenvalue weighted by Gasteiger charge is 2.14. The third kappa shape index (κ3) is 9.13. The number of amides is 2. The van der Waals surface area contributed by atoms with Gasteiger partial charge in [-0.05, 0) is 51.1 Å². The van der Waals surface area contributed by atoms with Gasteiger partial charge in [-0.25, -0.2) is 4.98 Å². The predicted molar refractivity (Wildman–Crippen MR) is 106 cm³/mol. The van der Waals surface area contributed by atoms with Crippen LogP contribution in [0.1, 0.15) is 32.1 Å². The van der Waals surface area contributed by atoms with Gasteiger partial charge in [0.05, 0.1) is 6.42 Å². The summed E-state index contributed by atoms with van der Waals surface area (Å²) in [4.78, 5) is 28.0. The molecule has 6 nitrogen and oxygen atoms in total. The van der Waals surface area contributed by atoms with Gasteiger partial charge in [-0.1, -0.05) is 24.3 Å². The van der Waals surface area contributed by atoms with Crippen molar-refractivity contribution in [1.29, 1.82) is 0 Å². The summed E-state index contributed by atoms with van der Waals surface area (Å²) in [5, 5.41) is 5.51. The number of anilines is 1. The molecule has 2 N–H and O–H groups in total. The van der Waals surface area contributed by atoms with Crippen LogP contribution in [-0.4, -0.2) is 49.4 Å². The highest BCUT2D eigenvalue weighted by Crippen LogP contribution is 2.13. The van der Waals surface area contributed by atoms with Crippen molar-refractivity contribution in [1.82, 2.24) is 15.2 Å². The topological polar surface area (TPSA) is 74.3 Å². The number of hydrogen-bond donors (Lipinski definition) is 2. The number of likely N-dealkylation sites (tertiary alicyclic amines) is 1. The number of rotatable bonds is 3. The van der Waals surface area contributed by atoms with Gasteiger partial charge in [0.2, 0.25) is 11.8 Å². The second-order valence-electron chi connectivity index (χ2n) is 6.12. The molecule has 0 saturated carbocycles. The molecule has 142 valence electrons. The second kappa shape index (κ2) is 12.8. The summed E-state index contributed by atoms with van der Waals surface area (Å²) in [5.74, 6) is 0.879. The van der Waals surface area contributed by atoms with E-state index in [-0.39, 0.29) is 5.91 Å². The zero-order valence-electron chi connectivity index (χ0n) is 16.0. The average molecular weight is 358 g/mol. The van der Waals surface area contributed by atoms with E-state index in [9.17, 15) is 9.59 Å². The minimum absolute atomic E-state index is 0.0171. The molecule has 0 spiro atoms. The lowest BCUT2D eigenvalue weighted by Crippen LogP contribution is -2.17. The number of nitrogens with one attached hydrogen (secondary N) is 2. The van der Waals surface area contributed by atoms with Crippen LogP contribution in [0.2, 0.25) is 0 Å². The van der Waals surface area contributed by atoms with Crippen LogP contribution in [-0.2, 0) is 9.59 Å². The minimum Gasteiger partial charge on any atom is -0.346 e. The molecule has 0 unspecified atom stereocenters. The Bertz CT molecular complexity index is 611. The Morgan fingerprint density at radius 2 is 2.04 bits per heavy atom. The van der Waals surface area contributed by atoms with Gasteiger partial charge < -0.3 is 15.5 Å². The Morgan fingerprint density at radius 3 is 2.50 bits per heavy atom. The van der Waals surface area contributed by atoms with Gasteiger partial charge in [0.25, 0.3) is 0 Å². The summed E-state index contributed by atoms with van der Waals surface area (Å²) in [7, 11) is 5.59. The molecule has 3 rings (SSSR count). The molecule has 26 heavy (non-hydrogen) atoms. The van der Waals surface area contributed by atoms with E-state index in [1.54, 1.807) is 17.2 Å². The molecular weight excluding hydrogens is 328 g/mol. The van der Waals surface area contributed by atoms with E-state index in [0.29, 0.717) is 18.1 Å². The number of carbonyl (C=O) groups excluding carboxylic acids is 2. The summed E-state index contributed by atoms with van der Waals surface area (Å²) in [5.41, 5.74) is 1.08. The smallest absolute Gasteiger partial charge is 0.229 e. The summed E-state index contributed by atoms with van der Waals surface area (Å²) >= 11 is 0. The fourth-order valence-electron chi connectivity index (χ4n) is 2.39. The molecule has 2 aliphatic rings. The van der Waals surface area contributed by atoms with Crippen molar-refractivity contribution in [3.63, 3.8) is 0 Å². The number of hydrogen-bond acceptors (Lipinski definition) is 4. The van der Waals surface area contributed by atoms with Crippen LogP contribution in [0.4, 0.5) is 5.82 Å². The molecule has 0 aromatic carbocycles. The molecule has 1 saturated heterocycles. The molecule has 0 bridgehead atoms. The van der Waals surface area contributed by atoms with Crippen LogP contribution in [0, 0.1) is 0 Å². The largest absolute Gasteiger partial charge is 0.346 e. The Morgan fingerprint density at radius 1 is 1.27 bits per heavy atom. The Hall–Kier alpha value is -2.47. The van der Waals surface area contributed by atoms with E-state index in [1.165, 1.54) is 0 Å². The van der Waals surface area contributed by atoms with Crippen molar-refractivity contribution in [2.75, 3.05) is 33.0 Å². The normalized spacial score (nSPS) is 15.3. The Balaban J connectivity index is 0.000000280. The molecule has 2 amide bonds. The molecule has 0 radical (unpaired) electrons. The summed E-state index contributed by atoms with van der Waals surface area (Å²) in [6.07, 6.45) is 12.2. The van der Waals surface area contributed by atoms with Gasteiger partial charge >= 0.3 is 0 Å². The predicted octanol–water partition coefficient (Wildman–Crippen LogP) is 2.76. The fourth-order valence-corrected chi connectivity index (χ4v) is 2.39. The standard InChI is InChI=1S/C13H14N2O.C5H9NO.C2H7N/c16-13(10-11-6-2-1-3-7-11)15-12-8-4-5-9-14-12;1-6-4-2-3-5(6)7;1-3-2/h2,4-9H,1,3,10H2,(H,14,15,16);2-4H2,1H3;3H,1-2H3. The van der Waals surface area contributed by atoms with Gasteiger partial charge in [0.15, 0.2) is 0 Å². The molecule has 1 fully saturated rings. The van der Waals surface area contributed by atoms with Gasteiger partial charge in [-0.15, -0.1) is 0 Å². The van der Waals surface area contributed by atoms with Gasteiger partial charge in [-0.2, -0.15) is 0 Å². The number of aromatic nitrogens is 1. The first-order valence-electron chi connectivity index (χ1n) is 8.95. The first kappa shape index (κ1) is 21.6. The van der Waals surface area contributed by atoms with Crippen molar-refractivity contribution in [3.8, 4) is 0 Å². The van der Waals surface area contributed by atoms with Crippen LogP contribution in [0.25, 0.3) is 0 Å². The first-order valence-corrected chi connectivity index (χ1v) is 8.95. The molecule has 1 aromatic heterocycles. The van der Waals surface area contributed by atoms with Crippen LogP contribution in [0.5, 0.6) is 0 Å². The zero-order valence-corrected chi connectivity index (χ0v) is 16.0. The Kier molecular flexibility index (Phi) is 10.6. The monoisotopic (exact) mass is 358 g/mol. The second-order valence-corrected chi connectivity index (χ2v) is 6.12. The Labute approximate surface area is 156 Å². The van der Waals surface area contributed by atoms with Crippen LogP contribution >= 0.6 is 0 Å². The van der Waals surface area contributed by atoms with E-state index >= 15 is 0 Å². The van der Waals surface area contributed by atoms with Crippen LogP contribution in [0.15, 0.2) is 48.2 Å². The number of nitrogens with zero attached hydrogens (tertiary/aromatic N) is 2. The molecule has 6 heteroatoms. The highest BCUT2D eigenvalue weighted by atomic mass is 16.2. The SMILES string of the molecule is CN1CCCC1=O.CNC.O=C(CC1=CCCC=C1)Nc1ccccn1. The number of pyridine rings is 1. The van der Waals surface area contributed by atoms with Gasteiger partial charge in [0.1, 0.15) is 5.82 Å². The van der Waals surface area contributed by atoms with E-state index in [0.717, 1.165) is 37.8 Å². The molecule has 0 atom stereocenters. The molecule has 1 aliphatic heterocycles. The lowest BCUT2D eigenvalue weighted by molar-refractivity contribution is -0.126. The van der Waals surface area contributed by atoms with Crippen molar-refractivity contribution in [2.24, 2.45) is 0 Å². The maximum absolute atomic E-state index is 11.7. The van der Waals surface area contributed by atoms with Crippen LogP contribution in [0.3, 0.4) is 0 Å². The average Bonchev–Trinajstić information content (AvgIpc) is 3.01. The van der Waals surface area contributed by atoms with Crippen molar-refractivity contribution < 1.29 is 9.59 Å².